The first-order valence-electron chi connectivity index (χ1n) is 13.3. The average molecular weight is 657 g/mol. The Morgan fingerprint density at radius 2 is 1.51 bits per heavy atom. The van der Waals surface area contributed by atoms with E-state index in [0.29, 0.717) is 17.3 Å². The van der Waals surface area contributed by atoms with Gasteiger partial charge in [-0.25, -0.2) is 27.0 Å². The van der Waals surface area contributed by atoms with Crippen molar-refractivity contribution in [3.8, 4) is 17.2 Å². The van der Waals surface area contributed by atoms with Crippen molar-refractivity contribution < 1.29 is 40.3 Å². The van der Waals surface area contributed by atoms with E-state index < -0.39 is 32.5 Å². The van der Waals surface area contributed by atoms with E-state index in [2.05, 4.69) is 15.2 Å². The molecule has 2 N–H and O–H groups in total. The maximum absolute atomic E-state index is 13.7. The van der Waals surface area contributed by atoms with Crippen molar-refractivity contribution in [2.24, 2.45) is 5.10 Å². The zero-order chi connectivity index (χ0) is 32.6. The van der Waals surface area contributed by atoms with Gasteiger partial charge in [-0.3, -0.25) is 9.10 Å². The van der Waals surface area contributed by atoms with Gasteiger partial charge in [-0.2, -0.15) is 5.10 Å². The van der Waals surface area contributed by atoms with Crippen LogP contribution in [0.5, 0.6) is 17.2 Å². The number of carbonyl (C=O) groups is 1. The zero-order valence-corrected chi connectivity index (χ0v) is 26.5. The van der Waals surface area contributed by atoms with Crippen molar-refractivity contribution in [3.63, 3.8) is 0 Å². The monoisotopic (exact) mass is 656 g/mol. The lowest BCUT2D eigenvalue weighted by molar-refractivity contribution is -0.119. The maximum atomic E-state index is 13.7. The van der Waals surface area contributed by atoms with Crippen molar-refractivity contribution in [2.75, 3.05) is 32.2 Å². The van der Waals surface area contributed by atoms with Crippen LogP contribution in [0, 0.1) is 6.92 Å². The van der Waals surface area contributed by atoms with Crippen LogP contribution in [-0.4, -0.2) is 56.8 Å². The van der Waals surface area contributed by atoms with Crippen LogP contribution >= 0.6 is 0 Å². The Balaban J connectivity index is 1.45. The molecule has 0 fully saturated rings. The van der Waals surface area contributed by atoms with Crippen LogP contribution in [0.1, 0.15) is 17.1 Å². The minimum absolute atomic E-state index is 0.110. The van der Waals surface area contributed by atoms with Gasteiger partial charge in [0.2, 0.25) is 10.0 Å². The Morgan fingerprint density at radius 3 is 2.16 bits per heavy atom. The summed E-state index contributed by atoms with van der Waals surface area (Å²) >= 11 is 0. The molecule has 3 aromatic carbocycles. The number of aryl methyl sites for hydroxylation is 1. The van der Waals surface area contributed by atoms with E-state index in [4.69, 9.17) is 18.6 Å². The minimum atomic E-state index is -4.27. The molecule has 4 rings (SSSR count). The van der Waals surface area contributed by atoms with Crippen molar-refractivity contribution in [1.29, 1.82) is 0 Å². The zero-order valence-electron chi connectivity index (χ0n) is 24.9. The van der Waals surface area contributed by atoms with Gasteiger partial charge in [0.1, 0.15) is 23.8 Å². The Bertz CT molecular complexity index is 1870. The van der Waals surface area contributed by atoms with Crippen LogP contribution in [0.25, 0.3) is 0 Å². The Kier molecular flexibility index (Phi) is 10.5. The van der Waals surface area contributed by atoms with Gasteiger partial charge >= 0.3 is 0 Å². The van der Waals surface area contributed by atoms with E-state index in [1.165, 1.54) is 76.1 Å². The second kappa shape index (κ2) is 14.3. The first-order chi connectivity index (χ1) is 21.5. The SMILES string of the molecule is COc1ccc(N(CC(=O)N/N=C\c2ccc(CNS(=O)(=O)c3ccc(C)cc3)o2)S(=O)(=O)c2ccc(OC)c(OC)c2)cc1. The summed E-state index contributed by atoms with van der Waals surface area (Å²) in [6.45, 7) is 1.13. The van der Waals surface area contributed by atoms with Gasteiger partial charge in [-0.15, -0.1) is 0 Å². The number of ether oxygens (including phenoxy) is 3. The number of amides is 1. The summed E-state index contributed by atoms with van der Waals surface area (Å²) in [7, 11) is -3.73. The predicted octanol–water partition coefficient (Wildman–Crippen LogP) is 3.44. The van der Waals surface area contributed by atoms with E-state index in [0.717, 1.165) is 9.87 Å². The highest BCUT2D eigenvalue weighted by Crippen LogP contribution is 2.32. The van der Waals surface area contributed by atoms with Crippen LogP contribution in [0.3, 0.4) is 0 Å². The molecule has 238 valence electrons. The largest absolute Gasteiger partial charge is 0.497 e. The fourth-order valence-electron chi connectivity index (χ4n) is 4.03. The molecule has 45 heavy (non-hydrogen) atoms. The first kappa shape index (κ1) is 33.0. The van der Waals surface area contributed by atoms with Gasteiger partial charge in [0.15, 0.2) is 11.5 Å². The van der Waals surface area contributed by atoms with Gasteiger partial charge < -0.3 is 18.6 Å². The molecule has 0 bridgehead atoms. The Morgan fingerprint density at radius 1 is 0.844 bits per heavy atom. The number of furan rings is 1. The molecule has 0 saturated carbocycles. The summed E-state index contributed by atoms with van der Waals surface area (Å²) in [4.78, 5) is 12.9. The average Bonchev–Trinajstić information content (AvgIpc) is 3.50. The van der Waals surface area contributed by atoms with Crippen LogP contribution < -0.4 is 28.7 Å². The third kappa shape index (κ3) is 8.20. The Hall–Kier alpha value is -4.86. The summed E-state index contributed by atoms with van der Waals surface area (Å²) in [5.41, 5.74) is 3.43. The lowest BCUT2D eigenvalue weighted by Gasteiger charge is -2.24. The molecule has 0 unspecified atom stereocenters. The third-order valence-electron chi connectivity index (χ3n) is 6.42. The molecule has 1 amide bonds. The number of anilines is 1. The molecule has 15 heteroatoms. The highest BCUT2D eigenvalue weighted by Gasteiger charge is 2.28. The summed E-state index contributed by atoms with van der Waals surface area (Å²) < 4.78 is 77.1. The first-order valence-corrected chi connectivity index (χ1v) is 16.2. The number of nitrogens with one attached hydrogen (secondary N) is 2. The van der Waals surface area contributed by atoms with Crippen LogP contribution in [0.2, 0.25) is 0 Å². The number of nitrogens with zero attached hydrogens (tertiary/aromatic N) is 2. The van der Waals surface area contributed by atoms with E-state index >= 15 is 0 Å². The molecular formula is C30H32N4O9S2. The fraction of sp³-hybridized carbons (Fsp3) is 0.200. The lowest BCUT2D eigenvalue weighted by atomic mass is 10.2. The van der Waals surface area contributed by atoms with Crippen LogP contribution in [-0.2, 0) is 31.4 Å². The number of sulfonamides is 2. The number of benzene rings is 3. The Labute approximate surface area is 261 Å². The fourth-order valence-corrected chi connectivity index (χ4v) is 6.46. The van der Waals surface area contributed by atoms with Crippen molar-refractivity contribution in [3.05, 3.63) is 95.9 Å². The van der Waals surface area contributed by atoms with Gasteiger partial charge in [0.25, 0.3) is 15.9 Å². The minimum Gasteiger partial charge on any atom is -0.497 e. The highest BCUT2D eigenvalue weighted by molar-refractivity contribution is 7.92. The topological polar surface area (TPSA) is 166 Å². The number of methoxy groups -OCH3 is 3. The van der Waals surface area contributed by atoms with E-state index in [1.54, 1.807) is 30.3 Å². The second-order valence-corrected chi connectivity index (χ2v) is 13.1. The molecule has 1 aromatic heterocycles. The van der Waals surface area contributed by atoms with Crippen LogP contribution in [0.4, 0.5) is 5.69 Å². The third-order valence-corrected chi connectivity index (χ3v) is 9.61. The van der Waals surface area contributed by atoms with Crippen LogP contribution in [0.15, 0.2) is 98.2 Å². The van der Waals surface area contributed by atoms with E-state index in [-0.39, 0.29) is 33.5 Å². The van der Waals surface area contributed by atoms with E-state index in [9.17, 15) is 21.6 Å². The molecule has 0 aliphatic carbocycles. The summed E-state index contributed by atoms with van der Waals surface area (Å²) in [5.74, 6) is 0.822. The van der Waals surface area contributed by atoms with Gasteiger partial charge in [-0.1, -0.05) is 17.7 Å². The molecule has 13 nitrogen and oxygen atoms in total. The molecule has 4 aromatic rings. The highest BCUT2D eigenvalue weighted by atomic mass is 32.2. The van der Waals surface area contributed by atoms with Gasteiger partial charge in [0.05, 0.1) is 49.6 Å². The standard InChI is InChI=1S/C30H32N4O9S2/c1-21-5-13-26(14-6-21)44(36,37)32-19-25-12-11-24(43-25)18-31-33-30(35)20-34(22-7-9-23(40-2)10-8-22)45(38,39)27-15-16-28(41-3)29(17-27)42-4/h5-18,32H,19-20H2,1-4H3,(H,33,35)/b31-18-. The molecule has 0 aliphatic rings. The predicted molar refractivity (Wildman–Crippen MR) is 167 cm³/mol. The van der Waals surface area contributed by atoms with E-state index in [1.807, 2.05) is 6.92 Å². The van der Waals surface area contributed by atoms with Gasteiger partial charge in [0, 0.05) is 6.07 Å². The second-order valence-electron chi connectivity index (χ2n) is 9.46. The number of hydrazone groups is 1. The number of hydrogen-bond acceptors (Lipinski definition) is 10. The summed E-state index contributed by atoms with van der Waals surface area (Å²) in [5, 5.41) is 3.86. The molecular weight excluding hydrogens is 624 g/mol. The maximum Gasteiger partial charge on any atom is 0.264 e. The quantitative estimate of drug-likeness (QED) is 0.153. The molecule has 0 saturated heterocycles. The summed E-state index contributed by atoms with van der Waals surface area (Å²) in [6, 6.07) is 19.8. The van der Waals surface area contributed by atoms with Gasteiger partial charge in [-0.05, 0) is 67.6 Å². The van der Waals surface area contributed by atoms with Crippen molar-refractivity contribution in [1.82, 2.24) is 10.1 Å². The lowest BCUT2D eigenvalue weighted by Crippen LogP contribution is -2.39. The molecule has 0 radical (unpaired) electrons. The normalized spacial score (nSPS) is 11.7. The number of hydrogen-bond donors (Lipinski definition) is 2. The molecule has 1 heterocycles. The molecule has 0 aliphatic heterocycles. The smallest absolute Gasteiger partial charge is 0.264 e. The van der Waals surface area contributed by atoms with Crippen molar-refractivity contribution in [2.45, 2.75) is 23.3 Å². The number of carbonyl (C=O) groups excluding carboxylic acids is 1. The molecule has 0 atom stereocenters. The molecule has 0 spiro atoms. The van der Waals surface area contributed by atoms with Crippen molar-refractivity contribution >= 4 is 37.9 Å². The summed E-state index contributed by atoms with van der Waals surface area (Å²) in [6.07, 6.45) is 1.20. The number of rotatable bonds is 14.